The van der Waals surface area contributed by atoms with Crippen LogP contribution in [0.25, 0.3) is 0 Å². The second kappa shape index (κ2) is 5.90. The summed E-state index contributed by atoms with van der Waals surface area (Å²) in [6, 6.07) is 8.52. The van der Waals surface area contributed by atoms with Crippen molar-refractivity contribution in [3.63, 3.8) is 0 Å². The zero-order valence-corrected chi connectivity index (χ0v) is 10.0. The number of nitrogens with one attached hydrogen (secondary N) is 1. The number of benzene rings is 1. The molecule has 0 saturated carbocycles. The van der Waals surface area contributed by atoms with E-state index in [1.165, 1.54) is 31.5 Å². The molecule has 1 saturated heterocycles. The lowest BCUT2D eigenvalue weighted by Gasteiger charge is -2.26. The number of aryl methyl sites for hydroxylation is 1. The van der Waals surface area contributed by atoms with E-state index in [1.54, 1.807) is 0 Å². The van der Waals surface area contributed by atoms with Crippen LogP contribution in [0.2, 0.25) is 0 Å². The first-order chi connectivity index (χ1) is 7.88. The summed E-state index contributed by atoms with van der Waals surface area (Å²) in [5.74, 6) is 1.84. The van der Waals surface area contributed by atoms with Gasteiger partial charge in [-0.15, -0.1) is 0 Å². The van der Waals surface area contributed by atoms with Crippen LogP contribution in [-0.4, -0.2) is 19.7 Å². The maximum atomic E-state index is 5.72. The van der Waals surface area contributed by atoms with E-state index in [9.17, 15) is 0 Å². The topological polar surface area (TPSA) is 21.3 Å². The standard InChI is InChI=1S/C14H21NO/c1-2-3-12-4-6-14(7-5-12)16-9-8-13-10-15-11-13/h4-7,13,15H,2-3,8-11H2,1H3. The molecule has 1 fully saturated rings. The molecule has 0 amide bonds. The Hall–Kier alpha value is -1.02. The third kappa shape index (κ3) is 3.24. The van der Waals surface area contributed by atoms with E-state index in [4.69, 9.17) is 4.74 Å². The van der Waals surface area contributed by atoms with Gasteiger partial charge in [0.05, 0.1) is 6.61 Å². The predicted molar refractivity (Wildman–Crippen MR) is 66.9 cm³/mol. The van der Waals surface area contributed by atoms with Crippen LogP contribution in [0, 0.1) is 5.92 Å². The van der Waals surface area contributed by atoms with Crippen LogP contribution in [0.4, 0.5) is 0 Å². The van der Waals surface area contributed by atoms with E-state index in [0.29, 0.717) is 0 Å². The summed E-state index contributed by atoms with van der Waals surface area (Å²) in [6.07, 6.45) is 3.53. The predicted octanol–water partition coefficient (Wildman–Crippen LogP) is 2.63. The third-order valence-electron chi connectivity index (χ3n) is 3.12. The number of hydrogen-bond donors (Lipinski definition) is 1. The lowest BCUT2D eigenvalue weighted by Crippen LogP contribution is -2.42. The molecule has 88 valence electrons. The molecule has 0 bridgehead atoms. The van der Waals surface area contributed by atoms with E-state index >= 15 is 0 Å². The lowest BCUT2D eigenvalue weighted by molar-refractivity contribution is 0.238. The molecule has 1 heterocycles. The second-order valence-electron chi connectivity index (χ2n) is 4.56. The maximum Gasteiger partial charge on any atom is 0.119 e. The zero-order chi connectivity index (χ0) is 11.2. The molecular formula is C14H21NO. The van der Waals surface area contributed by atoms with Gasteiger partial charge in [0.25, 0.3) is 0 Å². The fourth-order valence-electron chi connectivity index (χ4n) is 1.94. The SMILES string of the molecule is CCCc1ccc(OCCC2CNC2)cc1. The maximum absolute atomic E-state index is 5.72. The molecule has 2 rings (SSSR count). The fraction of sp³-hybridized carbons (Fsp3) is 0.571. The molecule has 1 aromatic rings. The molecule has 16 heavy (non-hydrogen) atoms. The quantitative estimate of drug-likeness (QED) is 0.794. The largest absolute Gasteiger partial charge is 0.494 e. The van der Waals surface area contributed by atoms with Gasteiger partial charge in [0.2, 0.25) is 0 Å². The highest BCUT2D eigenvalue weighted by atomic mass is 16.5. The summed E-state index contributed by atoms with van der Waals surface area (Å²) in [7, 11) is 0. The molecule has 1 N–H and O–H groups in total. The van der Waals surface area contributed by atoms with Crippen LogP contribution in [0.5, 0.6) is 5.75 Å². The van der Waals surface area contributed by atoms with Gasteiger partial charge in [-0.2, -0.15) is 0 Å². The van der Waals surface area contributed by atoms with Crippen molar-refractivity contribution in [1.82, 2.24) is 5.32 Å². The number of rotatable bonds is 6. The Bertz CT molecular complexity index is 303. The van der Waals surface area contributed by atoms with Crippen molar-refractivity contribution >= 4 is 0 Å². The zero-order valence-electron chi connectivity index (χ0n) is 10.0. The summed E-state index contributed by atoms with van der Waals surface area (Å²) < 4.78 is 5.72. The highest BCUT2D eigenvalue weighted by Gasteiger charge is 2.15. The molecule has 1 aromatic carbocycles. The summed E-state index contributed by atoms with van der Waals surface area (Å²) in [5, 5.41) is 3.28. The number of ether oxygens (including phenoxy) is 1. The average Bonchev–Trinajstić information content (AvgIpc) is 2.24. The van der Waals surface area contributed by atoms with Crippen molar-refractivity contribution in [2.24, 2.45) is 5.92 Å². The first kappa shape index (κ1) is 11.5. The Kier molecular flexibility index (Phi) is 4.23. The van der Waals surface area contributed by atoms with Crippen LogP contribution in [0.15, 0.2) is 24.3 Å². The molecule has 0 aliphatic carbocycles. The average molecular weight is 219 g/mol. The van der Waals surface area contributed by atoms with Crippen molar-refractivity contribution in [3.8, 4) is 5.75 Å². The Balaban J connectivity index is 1.71. The Morgan fingerprint density at radius 3 is 2.56 bits per heavy atom. The smallest absolute Gasteiger partial charge is 0.119 e. The molecule has 0 atom stereocenters. The van der Waals surface area contributed by atoms with Gasteiger partial charge in [-0.05, 0) is 49.5 Å². The first-order valence-electron chi connectivity index (χ1n) is 6.31. The Morgan fingerprint density at radius 1 is 1.25 bits per heavy atom. The van der Waals surface area contributed by atoms with Gasteiger partial charge >= 0.3 is 0 Å². The minimum Gasteiger partial charge on any atom is -0.494 e. The normalized spacial score (nSPS) is 15.8. The van der Waals surface area contributed by atoms with Crippen LogP contribution in [-0.2, 0) is 6.42 Å². The van der Waals surface area contributed by atoms with E-state index in [0.717, 1.165) is 24.7 Å². The Morgan fingerprint density at radius 2 is 2.00 bits per heavy atom. The summed E-state index contributed by atoms with van der Waals surface area (Å²) in [4.78, 5) is 0. The van der Waals surface area contributed by atoms with Crippen LogP contribution < -0.4 is 10.1 Å². The van der Waals surface area contributed by atoms with Gasteiger partial charge in [0.1, 0.15) is 5.75 Å². The minimum absolute atomic E-state index is 0.833. The van der Waals surface area contributed by atoms with Crippen molar-refractivity contribution in [1.29, 1.82) is 0 Å². The van der Waals surface area contributed by atoms with Gasteiger partial charge in [-0.3, -0.25) is 0 Å². The number of hydrogen-bond acceptors (Lipinski definition) is 2. The highest BCUT2D eigenvalue weighted by Crippen LogP contribution is 2.15. The summed E-state index contributed by atoms with van der Waals surface area (Å²) in [6.45, 7) is 5.38. The van der Waals surface area contributed by atoms with Gasteiger partial charge in [0, 0.05) is 0 Å². The third-order valence-corrected chi connectivity index (χ3v) is 3.12. The summed E-state index contributed by atoms with van der Waals surface area (Å²) in [5.41, 5.74) is 1.40. The molecule has 1 aliphatic heterocycles. The van der Waals surface area contributed by atoms with E-state index in [1.807, 2.05) is 0 Å². The monoisotopic (exact) mass is 219 g/mol. The lowest BCUT2D eigenvalue weighted by atomic mass is 10.0. The molecule has 0 aromatic heterocycles. The van der Waals surface area contributed by atoms with Gasteiger partial charge in [-0.1, -0.05) is 25.5 Å². The molecule has 0 radical (unpaired) electrons. The van der Waals surface area contributed by atoms with Gasteiger partial charge in [-0.25, -0.2) is 0 Å². The molecule has 1 aliphatic rings. The van der Waals surface area contributed by atoms with E-state index < -0.39 is 0 Å². The Labute approximate surface area is 98.0 Å². The van der Waals surface area contributed by atoms with Crippen LogP contribution in [0.1, 0.15) is 25.3 Å². The summed E-state index contributed by atoms with van der Waals surface area (Å²) >= 11 is 0. The minimum atomic E-state index is 0.833. The van der Waals surface area contributed by atoms with E-state index in [-0.39, 0.29) is 0 Å². The molecule has 0 spiro atoms. The van der Waals surface area contributed by atoms with Gasteiger partial charge < -0.3 is 10.1 Å². The van der Waals surface area contributed by atoms with Crippen LogP contribution in [0.3, 0.4) is 0 Å². The molecule has 0 unspecified atom stereocenters. The van der Waals surface area contributed by atoms with Crippen molar-refractivity contribution in [2.75, 3.05) is 19.7 Å². The van der Waals surface area contributed by atoms with Crippen molar-refractivity contribution in [2.45, 2.75) is 26.2 Å². The highest BCUT2D eigenvalue weighted by molar-refractivity contribution is 5.27. The second-order valence-corrected chi connectivity index (χ2v) is 4.56. The molecule has 2 heteroatoms. The van der Waals surface area contributed by atoms with Crippen molar-refractivity contribution < 1.29 is 4.74 Å². The molecule has 2 nitrogen and oxygen atoms in total. The fourth-order valence-corrected chi connectivity index (χ4v) is 1.94. The van der Waals surface area contributed by atoms with Gasteiger partial charge in [0.15, 0.2) is 0 Å². The van der Waals surface area contributed by atoms with Crippen LogP contribution >= 0.6 is 0 Å². The first-order valence-corrected chi connectivity index (χ1v) is 6.31. The van der Waals surface area contributed by atoms with Crippen molar-refractivity contribution in [3.05, 3.63) is 29.8 Å². The van der Waals surface area contributed by atoms with E-state index in [2.05, 4.69) is 36.5 Å². The molecular weight excluding hydrogens is 198 g/mol.